The van der Waals surface area contributed by atoms with E-state index >= 15 is 0 Å². The van der Waals surface area contributed by atoms with E-state index in [9.17, 15) is 4.79 Å². The van der Waals surface area contributed by atoms with Crippen LogP contribution < -0.4 is 0 Å². The van der Waals surface area contributed by atoms with E-state index in [-0.39, 0.29) is 5.78 Å². The zero-order valence-electron chi connectivity index (χ0n) is 10.8. The Morgan fingerprint density at radius 3 is 2.62 bits per heavy atom. The van der Waals surface area contributed by atoms with Gasteiger partial charge in [-0.1, -0.05) is 35.5 Å². The van der Waals surface area contributed by atoms with Gasteiger partial charge in [0.25, 0.3) is 0 Å². The van der Waals surface area contributed by atoms with Gasteiger partial charge < -0.3 is 0 Å². The summed E-state index contributed by atoms with van der Waals surface area (Å²) in [4.78, 5) is 11.8. The Balaban J connectivity index is 3.05. The first-order valence-electron chi connectivity index (χ1n) is 5.98. The van der Waals surface area contributed by atoms with Gasteiger partial charge in [0, 0.05) is 0 Å². The third kappa shape index (κ3) is 2.94. The number of carbonyl (C=O) groups excluding carboxylic acids is 1. The van der Waals surface area contributed by atoms with E-state index in [1.165, 1.54) is 11.1 Å². The lowest BCUT2D eigenvalue weighted by atomic mass is 9.78. The Bertz CT molecular complexity index is 358. The smallest absolute Gasteiger partial charge is 0.143 e. The lowest BCUT2D eigenvalue weighted by Gasteiger charge is -2.24. The second kappa shape index (κ2) is 5.29. The lowest BCUT2D eigenvalue weighted by Crippen LogP contribution is -2.24. The molecule has 0 heterocycles. The fraction of sp³-hybridized carbons (Fsp3) is 0.533. The molecule has 1 heteroatoms. The van der Waals surface area contributed by atoms with Gasteiger partial charge >= 0.3 is 0 Å². The van der Waals surface area contributed by atoms with Crippen molar-refractivity contribution >= 4 is 5.78 Å². The van der Waals surface area contributed by atoms with E-state index < -0.39 is 5.41 Å². The van der Waals surface area contributed by atoms with E-state index in [1.807, 2.05) is 6.92 Å². The molecule has 1 aliphatic rings. The standard InChI is InChI=1S/C15H22O/c1-12-8-5-6-11-15(4,14(3)16)13(2)10-7-9-12/h6,8,10-11H,5,7,9H2,1-4H3. The Morgan fingerprint density at radius 2 is 2.00 bits per heavy atom. The van der Waals surface area contributed by atoms with Crippen molar-refractivity contribution in [2.75, 3.05) is 0 Å². The first kappa shape index (κ1) is 13.0. The van der Waals surface area contributed by atoms with Crippen LogP contribution in [0.4, 0.5) is 0 Å². The topological polar surface area (TPSA) is 17.1 Å². The van der Waals surface area contributed by atoms with Crippen molar-refractivity contribution in [2.45, 2.75) is 47.0 Å². The monoisotopic (exact) mass is 218 g/mol. The number of Topliss-reactive ketones (excluding diaryl/α,β-unsaturated/α-hetero) is 1. The molecule has 0 aromatic rings. The summed E-state index contributed by atoms with van der Waals surface area (Å²) in [5, 5.41) is 0. The third-order valence-corrected chi connectivity index (χ3v) is 3.59. The van der Waals surface area contributed by atoms with E-state index in [0.29, 0.717) is 0 Å². The van der Waals surface area contributed by atoms with E-state index in [1.54, 1.807) is 6.92 Å². The Labute approximate surface area is 98.9 Å². The number of hydrogen-bond acceptors (Lipinski definition) is 1. The summed E-state index contributed by atoms with van der Waals surface area (Å²) in [6, 6.07) is 0. The number of hydrogen-bond donors (Lipinski definition) is 0. The molecule has 0 aromatic carbocycles. The molecule has 0 spiro atoms. The minimum Gasteiger partial charge on any atom is -0.299 e. The van der Waals surface area contributed by atoms with Gasteiger partial charge in [0.1, 0.15) is 5.78 Å². The maximum absolute atomic E-state index is 11.8. The minimum absolute atomic E-state index is 0.221. The molecule has 1 rings (SSSR count). The van der Waals surface area contributed by atoms with Crippen LogP contribution in [-0.2, 0) is 4.79 Å². The largest absolute Gasteiger partial charge is 0.299 e. The fourth-order valence-electron chi connectivity index (χ4n) is 1.93. The van der Waals surface area contributed by atoms with E-state index in [4.69, 9.17) is 0 Å². The van der Waals surface area contributed by atoms with Gasteiger partial charge in [-0.2, -0.15) is 0 Å². The molecule has 0 N–H and O–H groups in total. The van der Waals surface area contributed by atoms with Crippen LogP contribution in [0.3, 0.4) is 0 Å². The molecule has 1 nitrogen and oxygen atoms in total. The molecular formula is C15H22O. The average Bonchev–Trinajstić information content (AvgIpc) is 2.22. The molecule has 0 fully saturated rings. The number of allylic oxidation sites excluding steroid dienone is 6. The van der Waals surface area contributed by atoms with Gasteiger partial charge in [0.2, 0.25) is 0 Å². The highest BCUT2D eigenvalue weighted by molar-refractivity contribution is 5.87. The van der Waals surface area contributed by atoms with Crippen LogP contribution >= 0.6 is 0 Å². The maximum Gasteiger partial charge on any atom is 0.143 e. The van der Waals surface area contributed by atoms with Crippen molar-refractivity contribution in [3.05, 3.63) is 35.5 Å². The number of ketones is 1. The number of carbonyl (C=O) groups is 1. The fourth-order valence-corrected chi connectivity index (χ4v) is 1.93. The van der Waals surface area contributed by atoms with Crippen LogP contribution in [0, 0.1) is 5.41 Å². The maximum atomic E-state index is 11.8. The molecule has 0 saturated carbocycles. The molecular weight excluding hydrogens is 196 g/mol. The summed E-state index contributed by atoms with van der Waals surface area (Å²) in [7, 11) is 0. The van der Waals surface area contributed by atoms with Crippen LogP contribution in [-0.4, -0.2) is 5.78 Å². The quantitative estimate of drug-likeness (QED) is 0.602. The summed E-state index contributed by atoms with van der Waals surface area (Å²) in [6.45, 7) is 7.92. The Morgan fingerprint density at radius 1 is 1.31 bits per heavy atom. The second-order valence-corrected chi connectivity index (χ2v) is 4.87. The van der Waals surface area contributed by atoms with Gasteiger partial charge in [0.15, 0.2) is 0 Å². The van der Waals surface area contributed by atoms with Gasteiger partial charge in [0.05, 0.1) is 5.41 Å². The van der Waals surface area contributed by atoms with Crippen molar-refractivity contribution in [3.8, 4) is 0 Å². The van der Waals surface area contributed by atoms with Crippen LogP contribution in [0.25, 0.3) is 0 Å². The zero-order valence-corrected chi connectivity index (χ0v) is 10.8. The van der Waals surface area contributed by atoms with Crippen molar-refractivity contribution < 1.29 is 4.79 Å². The highest BCUT2D eigenvalue weighted by atomic mass is 16.1. The predicted octanol–water partition coefficient (Wildman–Crippen LogP) is 4.21. The van der Waals surface area contributed by atoms with Crippen LogP contribution in [0.15, 0.2) is 35.5 Å². The van der Waals surface area contributed by atoms with Gasteiger partial charge in [-0.3, -0.25) is 4.79 Å². The first-order chi connectivity index (χ1) is 7.47. The first-order valence-corrected chi connectivity index (χ1v) is 5.98. The molecule has 88 valence electrons. The van der Waals surface area contributed by atoms with E-state index in [2.05, 4.69) is 38.2 Å². The highest BCUT2D eigenvalue weighted by Gasteiger charge is 2.28. The number of rotatable bonds is 1. The summed E-state index contributed by atoms with van der Waals surface area (Å²) in [5.74, 6) is 0.221. The lowest BCUT2D eigenvalue weighted by molar-refractivity contribution is -0.122. The SMILES string of the molecule is CC(=O)C1(C)C=CCC=C(C)CCC=C1C. The highest BCUT2D eigenvalue weighted by Crippen LogP contribution is 2.31. The minimum atomic E-state index is -0.404. The van der Waals surface area contributed by atoms with Crippen molar-refractivity contribution in [1.29, 1.82) is 0 Å². The molecule has 16 heavy (non-hydrogen) atoms. The van der Waals surface area contributed by atoms with E-state index in [0.717, 1.165) is 19.3 Å². The normalized spacial score (nSPS) is 27.0. The van der Waals surface area contributed by atoms with Crippen LogP contribution in [0.5, 0.6) is 0 Å². The summed E-state index contributed by atoms with van der Waals surface area (Å²) < 4.78 is 0. The van der Waals surface area contributed by atoms with Gasteiger partial charge in [-0.15, -0.1) is 0 Å². The average molecular weight is 218 g/mol. The van der Waals surface area contributed by atoms with Crippen LogP contribution in [0.2, 0.25) is 0 Å². The second-order valence-electron chi connectivity index (χ2n) is 4.87. The van der Waals surface area contributed by atoms with Gasteiger partial charge in [-0.05, 0) is 47.0 Å². The molecule has 1 atom stereocenters. The summed E-state index contributed by atoms with van der Waals surface area (Å²) >= 11 is 0. The van der Waals surface area contributed by atoms with Crippen molar-refractivity contribution in [3.63, 3.8) is 0 Å². The van der Waals surface area contributed by atoms with Crippen molar-refractivity contribution in [2.24, 2.45) is 5.41 Å². The molecule has 0 radical (unpaired) electrons. The Kier molecular flexibility index (Phi) is 4.28. The van der Waals surface area contributed by atoms with Crippen LogP contribution in [0.1, 0.15) is 47.0 Å². The molecule has 1 aliphatic carbocycles. The predicted molar refractivity (Wildman–Crippen MR) is 69.3 cm³/mol. The molecule has 1 unspecified atom stereocenters. The molecule has 0 aliphatic heterocycles. The summed E-state index contributed by atoms with van der Waals surface area (Å²) in [6.07, 6.45) is 11.7. The van der Waals surface area contributed by atoms with Crippen molar-refractivity contribution in [1.82, 2.24) is 0 Å². The molecule has 0 aromatic heterocycles. The van der Waals surface area contributed by atoms with Gasteiger partial charge in [-0.25, -0.2) is 0 Å². The third-order valence-electron chi connectivity index (χ3n) is 3.59. The zero-order chi connectivity index (χ0) is 12.2. The summed E-state index contributed by atoms with van der Waals surface area (Å²) in [5.41, 5.74) is 2.20. The molecule has 0 saturated heterocycles. The Hall–Kier alpha value is -1.11. The molecule has 0 amide bonds. The molecule has 0 bridgehead atoms.